The van der Waals surface area contributed by atoms with Crippen molar-refractivity contribution >= 4 is 5.82 Å². The van der Waals surface area contributed by atoms with E-state index in [0.29, 0.717) is 0 Å². The van der Waals surface area contributed by atoms with Gasteiger partial charge in [0.2, 0.25) is 0 Å². The first-order valence-corrected chi connectivity index (χ1v) is 3.85. The minimum Gasteiger partial charge on any atom is -0.458 e. The van der Waals surface area contributed by atoms with Gasteiger partial charge in [-0.05, 0) is 20.8 Å². The Balaban J connectivity index is 2.86. The molecule has 13 heavy (non-hydrogen) atoms. The van der Waals surface area contributed by atoms with Gasteiger partial charge in [0.1, 0.15) is 5.60 Å². The topological polar surface area (TPSA) is 61.0 Å². The number of rotatable bonds is 1. The molecule has 0 saturated heterocycles. The minimum absolute atomic E-state index is 0.0893. The Bertz CT molecular complexity index is 309. The molecule has 1 aromatic heterocycles. The third-order valence-corrected chi connectivity index (χ3v) is 1.15. The van der Waals surface area contributed by atoms with Crippen LogP contribution in [-0.2, 0) is 0 Å². The molecule has 1 heterocycles. The van der Waals surface area contributed by atoms with Gasteiger partial charge in [-0.2, -0.15) is 4.98 Å². The van der Waals surface area contributed by atoms with Gasteiger partial charge in [-0.25, -0.2) is 9.37 Å². The molecule has 72 valence electrons. The highest BCUT2D eigenvalue weighted by Gasteiger charge is 2.14. The highest BCUT2D eigenvalue weighted by molar-refractivity contribution is 5.29. The number of anilines is 1. The Labute approximate surface area is 75.9 Å². The maximum absolute atomic E-state index is 12.6. The van der Waals surface area contributed by atoms with E-state index in [4.69, 9.17) is 10.5 Å². The molecule has 0 bridgehead atoms. The van der Waals surface area contributed by atoms with E-state index in [9.17, 15) is 4.39 Å². The van der Waals surface area contributed by atoms with Gasteiger partial charge in [0.25, 0.3) is 0 Å². The van der Waals surface area contributed by atoms with Crippen LogP contribution in [0.4, 0.5) is 10.2 Å². The molecule has 0 unspecified atom stereocenters. The van der Waals surface area contributed by atoms with Crippen LogP contribution in [0.25, 0.3) is 0 Å². The van der Waals surface area contributed by atoms with E-state index in [-0.39, 0.29) is 11.8 Å². The van der Waals surface area contributed by atoms with Crippen LogP contribution in [0.2, 0.25) is 0 Å². The van der Waals surface area contributed by atoms with E-state index in [2.05, 4.69) is 9.97 Å². The largest absolute Gasteiger partial charge is 0.458 e. The first kappa shape index (κ1) is 9.70. The smallest absolute Gasteiger partial charge is 0.319 e. The SMILES string of the molecule is CC(C)(C)Oc1ncc(F)c(N)n1. The Morgan fingerprint density at radius 3 is 2.54 bits per heavy atom. The maximum atomic E-state index is 12.6. The zero-order chi connectivity index (χ0) is 10.1. The fourth-order valence-electron chi connectivity index (χ4n) is 0.686. The lowest BCUT2D eigenvalue weighted by Gasteiger charge is -2.19. The molecular weight excluding hydrogens is 173 g/mol. The monoisotopic (exact) mass is 185 g/mol. The summed E-state index contributed by atoms with van der Waals surface area (Å²) in [4.78, 5) is 7.26. The van der Waals surface area contributed by atoms with Gasteiger partial charge in [0.05, 0.1) is 6.20 Å². The molecule has 1 rings (SSSR count). The first-order chi connectivity index (χ1) is 5.88. The van der Waals surface area contributed by atoms with E-state index in [0.717, 1.165) is 6.20 Å². The molecule has 1 aromatic rings. The summed E-state index contributed by atoms with van der Waals surface area (Å²) in [7, 11) is 0. The molecule has 5 heteroatoms. The molecule has 0 aromatic carbocycles. The Hall–Kier alpha value is -1.39. The number of ether oxygens (including phenoxy) is 1. The van der Waals surface area contributed by atoms with E-state index in [1.54, 1.807) is 0 Å². The second kappa shape index (κ2) is 3.16. The van der Waals surface area contributed by atoms with Gasteiger partial charge in [-0.15, -0.1) is 0 Å². The van der Waals surface area contributed by atoms with Crippen molar-refractivity contribution in [2.75, 3.05) is 5.73 Å². The number of nitrogen functional groups attached to an aromatic ring is 1. The third-order valence-electron chi connectivity index (χ3n) is 1.15. The van der Waals surface area contributed by atoms with Gasteiger partial charge < -0.3 is 10.5 Å². The van der Waals surface area contributed by atoms with Crippen molar-refractivity contribution < 1.29 is 9.13 Å². The van der Waals surface area contributed by atoms with Crippen LogP contribution in [0.5, 0.6) is 6.01 Å². The first-order valence-electron chi connectivity index (χ1n) is 3.85. The molecule has 0 aliphatic rings. The summed E-state index contributed by atoms with van der Waals surface area (Å²) in [5.74, 6) is -0.837. The zero-order valence-electron chi connectivity index (χ0n) is 7.84. The van der Waals surface area contributed by atoms with Gasteiger partial charge in [0.15, 0.2) is 11.6 Å². The number of hydrogen-bond acceptors (Lipinski definition) is 4. The number of nitrogens with two attached hydrogens (primary N) is 1. The lowest BCUT2D eigenvalue weighted by molar-refractivity contribution is 0.116. The summed E-state index contributed by atoms with van der Waals surface area (Å²) < 4.78 is 17.9. The maximum Gasteiger partial charge on any atom is 0.319 e. The summed E-state index contributed by atoms with van der Waals surface area (Å²) in [6.45, 7) is 5.53. The second-order valence-electron chi connectivity index (χ2n) is 3.60. The van der Waals surface area contributed by atoms with Crippen LogP contribution in [0.1, 0.15) is 20.8 Å². The molecule has 2 N–H and O–H groups in total. The molecule has 0 fully saturated rings. The van der Waals surface area contributed by atoms with Crippen LogP contribution in [0.3, 0.4) is 0 Å². The summed E-state index contributed by atoms with van der Waals surface area (Å²) in [6, 6.07) is 0.0893. The van der Waals surface area contributed by atoms with Crippen molar-refractivity contribution in [3.8, 4) is 6.01 Å². The van der Waals surface area contributed by atoms with Crippen LogP contribution in [0.15, 0.2) is 6.20 Å². The van der Waals surface area contributed by atoms with Crippen molar-refractivity contribution in [2.24, 2.45) is 0 Å². The predicted molar refractivity (Wildman–Crippen MR) is 46.8 cm³/mol. The summed E-state index contributed by atoms with van der Waals surface area (Å²) in [6.07, 6.45) is 0.989. The quantitative estimate of drug-likeness (QED) is 0.717. The van der Waals surface area contributed by atoms with Crippen molar-refractivity contribution in [3.05, 3.63) is 12.0 Å². The fraction of sp³-hybridized carbons (Fsp3) is 0.500. The van der Waals surface area contributed by atoms with Crippen molar-refractivity contribution in [3.63, 3.8) is 0 Å². The minimum atomic E-state index is -0.638. The predicted octanol–water partition coefficient (Wildman–Crippen LogP) is 1.38. The number of halogens is 1. The highest BCUT2D eigenvalue weighted by atomic mass is 19.1. The second-order valence-corrected chi connectivity index (χ2v) is 3.60. The molecular formula is C8H12FN3O. The molecule has 0 radical (unpaired) electrons. The van der Waals surface area contributed by atoms with Gasteiger partial charge >= 0.3 is 6.01 Å². The van der Waals surface area contributed by atoms with E-state index in [1.807, 2.05) is 20.8 Å². The molecule has 0 aliphatic heterocycles. The fourth-order valence-corrected chi connectivity index (χ4v) is 0.686. The van der Waals surface area contributed by atoms with Crippen LogP contribution < -0.4 is 10.5 Å². The molecule has 4 nitrogen and oxygen atoms in total. The van der Waals surface area contributed by atoms with E-state index < -0.39 is 11.4 Å². The highest BCUT2D eigenvalue weighted by Crippen LogP contribution is 2.14. The van der Waals surface area contributed by atoms with Crippen LogP contribution >= 0.6 is 0 Å². The number of aromatic nitrogens is 2. The van der Waals surface area contributed by atoms with Gasteiger partial charge in [0, 0.05) is 0 Å². The lowest BCUT2D eigenvalue weighted by Crippen LogP contribution is -2.24. The zero-order valence-corrected chi connectivity index (χ0v) is 7.84. The van der Waals surface area contributed by atoms with E-state index >= 15 is 0 Å². The average molecular weight is 185 g/mol. The van der Waals surface area contributed by atoms with Crippen molar-refractivity contribution in [2.45, 2.75) is 26.4 Å². The Morgan fingerprint density at radius 1 is 1.46 bits per heavy atom. The molecule has 0 aliphatic carbocycles. The van der Waals surface area contributed by atoms with Gasteiger partial charge in [-0.1, -0.05) is 0 Å². The van der Waals surface area contributed by atoms with Gasteiger partial charge in [-0.3, -0.25) is 0 Å². The summed E-state index contributed by atoms with van der Waals surface area (Å²) in [5.41, 5.74) is 4.82. The third kappa shape index (κ3) is 2.85. The number of nitrogens with zero attached hydrogens (tertiary/aromatic N) is 2. The number of hydrogen-bond donors (Lipinski definition) is 1. The van der Waals surface area contributed by atoms with Crippen molar-refractivity contribution in [1.29, 1.82) is 0 Å². The Kier molecular flexibility index (Phi) is 2.36. The molecule has 0 atom stereocenters. The molecule has 0 saturated carbocycles. The molecule has 0 spiro atoms. The normalized spacial score (nSPS) is 11.4. The van der Waals surface area contributed by atoms with Crippen molar-refractivity contribution in [1.82, 2.24) is 9.97 Å². The summed E-state index contributed by atoms with van der Waals surface area (Å²) in [5, 5.41) is 0. The summed E-state index contributed by atoms with van der Waals surface area (Å²) >= 11 is 0. The molecule has 0 amide bonds. The standard InChI is InChI=1S/C8H12FN3O/c1-8(2,3)13-7-11-4-5(9)6(10)12-7/h4H,1-3H3,(H2,10,11,12). The average Bonchev–Trinajstić information content (AvgIpc) is 1.94. The van der Waals surface area contributed by atoms with Crippen LogP contribution in [0, 0.1) is 5.82 Å². The Morgan fingerprint density at radius 2 is 2.08 bits per heavy atom. The van der Waals surface area contributed by atoms with E-state index in [1.165, 1.54) is 0 Å². The van der Waals surface area contributed by atoms with Crippen LogP contribution in [-0.4, -0.2) is 15.6 Å². The lowest BCUT2D eigenvalue weighted by atomic mass is 10.2.